The van der Waals surface area contributed by atoms with Crippen molar-refractivity contribution >= 4 is 11.9 Å². The summed E-state index contributed by atoms with van der Waals surface area (Å²) in [6.45, 7) is 1.79. The van der Waals surface area contributed by atoms with Crippen LogP contribution in [-0.2, 0) is 9.59 Å². The number of amides is 1. The number of methoxy groups -OCH3 is 1. The van der Waals surface area contributed by atoms with Gasteiger partial charge in [0.25, 0.3) is 0 Å². The van der Waals surface area contributed by atoms with E-state index in [4.69, 9.17) is 9.84 Å². The summed E-state index contributed by atoms with van der Waals surface area (Å²) < 4.78 is 5.02. The maximum Gasteiger partial charge on any atom is 0.312 e. The maximum absolute atomic E-state index is 11.2. The zero-order valence-corrected chi connectivity index (χ0v) is 9.77. The molecule has 1 amide bonds. The van der Waals surface area contributed by atoms with Gasteiger partial charge >= 0.3 is 5.97 Å². The van der Waals surface area contributed by atoms with E-state index in [1.807, 2.05) is 12.1 Å². The third-order valence-corrected chi connectivity index (χ3v) is 2.31. The number of rotatable bonds is 5. The van der Waals surface area contributed by atoms with Crippen molar-refractivity contribution < 1.29 is 19.4 Å². The summed E-state index contributed by atoms with van der Waals surface area (Å²) in [6, 6.07) is 6.99. The van der Waals surface area contributed by atoms with Crippen LogP contribution in [0.4, 0.5) is 0 Å². The Morgan fingerprint density at radius 1 is 1.35 bits per heavy atom. The zero-order valence-electron chi connectivity index (χ0n) is 9.77. The molecule has 1 aromatic carbocycles. The molecule has 0 spiro atoms. The lowest BCUT2D eigenvalue weighted by Gasteiger charge is -2.14. The van der Waals surface area contributed by atoms with Gasteiger partial charge in [-0.3, -0.25) is 9.59 Å². The van der Waals surface area contributed by atoms with Crippen molar-refractivity contribution in [3.8, 4) is 5.75 Å². The fourth-order valence-electron chi connectivity index (χ4n) is 1.41. The highest BCUT2D eigenvalue weighted by atomic mass is 16.5. The molecule has 5 heteroatoms. The lowest BCUT2D eigenvalue weighted by Crippen LogP contribution is -2.28. The highest BCUT2D eigenvalue weighted by Crippen LogP contribution is 2.17. The van der Waals surface area contributed by atoms with Crippen LogP contribution in [0, 0.1) is 0 Å². The third kappa shape index (κ3) is 4.14. The van der Waals surface area contributed by atoms with Gasteiger partial charge in [0.1, 0.15) is 12.2 Å². The molecule has 5 nitrogen and oxygen atoms in total. The van der Waals surface area contributed by atoms with Gasteiger partial charge in [0.05, 0.1) is 13.2 Å². The topological polar surface area (TPSA) is 75.6 Å². The van der Waals surface area contributed by atoms with Crippen molar-refractivity contribution in [2.45, 2.75) is 19.4 Å². The van der Waals surface area contributed by atoms with Crippen molar-refractivity contribution in [2.75, 3.05) is 7.11 Å². The van der Waals surface area contributed by atoms with Gasteiger partial charge in [0.15, 0.2) is 0 Å². The second-order valence-corrected chi connectivity index (χ2v) is 3.63. The monoisotopic (exact) mass is 237 g/mol. The quantitative estimate of drug-likeness (QED) is 0.758. The van der Waals surface area contributed by atoms with Gasteiger partial charge < -0.3 is 15.2 Å². The predicted molar refractivity (Wildman–Crippen MR) is 61.8 cm³/mol. The summed E-state index contributed by atoms with van der Waals surface area (Å²) in [5.74, 6) is -0.900. The van der Waals surface area contributed by atoms with Gasteiger partial charge in [-0.15, -0.1) is 0 Å². The molecule has 0 aliphatic carbocycles. The largest absolute Gasteiger partial charge is 0.497 e. The zero-order chi connectivity index (χ0) is 12.8. The molecule has 92 valence electrons. The number of nitrogens with one attached hydrogen (secondary N) is 1. The molecular weight excluding hydrogens is 222 g/mol. The molecule has 0 bridgehead atoms. The van der Waals surface area contributed by atoms with Crippen LogP contribution >= 0.6 is 0 Å². The Kier molecular flexibility index (Phi) is 4.51. The number of carboxylic acids is 1. The molecule has 0 aromatic heterocycles. The van der Waals surface area contributed by atoms with Crippen molar-refractivity contribution in [1.29, 1.82) is 0 Å². The molecule has 0 fully saturated rings. The average Bonchev–Trinajstić information content (AvgIpc) is 2.28. The molecule has 1 rings (SSSR count). The van der Waals surface area contributed by atoms with Gasteiger partial charge in [-0.25, -0.2) is 0 Å². The van der Waals surface area contributed by atoms with Crippen LogP contribution < -0.4 is 10.1 Å². The highest BCUT2D eigenvalue weighted by Gasteiger charge is 2.12. The Morgan fingerprint density at radius 3 is 2.41 bits per heavy atom. The SMILES string of the molecule is COc1ccc(C(C)NC(=O)CC(=O)O)cc1. The number of carboxylic acid groups (broad SMARTS) is 1. The standard InChI is InChI=1S/C12H15NO4/c1-8(13-11(14)7-12(15)16)9-3-5-10(17-2)6-4-9/h3-6,8H,7H2,1-2H3,(H,13,14)(H,15,16). The number of ether oxygens (including phenoxy) is 1. The maximum atomic E-state index is 11.2. The minimum atomic E-state index is -1.13. The summed E-state index contributed by atoms with van der Waals surface area (Å²) >= 11 is 0. The van der Waals surface area contributed by atoms with Gasteiger partial charge in [0, 0.05) is 0 Å². The number of benzene rings is 1. The van der Waals surface area contributed by atoms with Gasteiger partial charge in [-0.2, -0.15) is 0 Å². The lowest BCUT2D eigenvalue weighted by atomic mass is 10.1. The molecule has 1 atom stereocenters. The molecule has 0 radical (unpaired) electrons. The molecule has 2 N–H and O–H groups in total. The molecule has 1 aromatic rings. The first kappa shape index (κ1) is 13.0. The Labute approximate surface area is 99.4 Å². The lowest BCUT2D eigenvalue weighted by molar-refractivity contribution is -0.140. The number of aliphatic carboxylic acids is 1. The molecule has 0 aliphatic heterocycles. The first-order chi connectivity index (χ1) is 8.02. The van der Waals surface area contributed by atoms with Gasteiger partial charge in [-0.1, -0.05) is 12.1 Å². The first-order valence-corrected chi connectivity index (χ1v) is 5.18. The number of hydrogen-bond donors (Lipinski definition) is 2. The second kappa shape index (κ2) is 5.89. The van der Waals surface area contributed by atoms with E-state index >= 15 is 0 Å². The third-order valence-electron chi connectivity index (χ3n) is 2.31. The van der Waals surface area contributed by atoms with Crippen molar-refractivity contribution in [2.24, 2.45) is 0 Å². The van der Waals surface area contributed by atoms with E-state index in [0.29, 0.717) is 0 Å². The van der Waals surface area contributed by atoms with Crippen LogP contribution in [0.3, 0.4) is 0 Å². The average molecular weight is 237 g/mol. The molecule has 1 unspecified atom stereocenters. The van der Waals surface area contributed by atoms with Gasteiger partial charge in [-0.05, 0) is 24.6 Å². The number of hydrogen-bond acceptors (Lipinski definition) is 3. The normalized spacial score (nSPS) is 11.6. The van der Waals surface area contributed by atoms with Crippen LogP contribution in [0.5, 0.6) is 5.75 Å². The number of carbonyl (C=O) groups is 2. The Bertz CT molecular complexity index is 399. The summed E-state index contributed by atoms with van der Waals surface area (Å²) in [5, 5.41) is 11.1. The van der Waals surface area contributed by atoms with Gasteiger partial charge in [0.2, 0.25) is 5.91 Å². The predicted octanol–water partition coefficient (Wildman–Crippen LogP) is 1.35. The minimum absolute atomic E-state index is 0.229. The minimum Gasteiger partial charge on any atom is -0.497 e. The van der Waals surface area contributed by atoms with E-state index in [9.17, 15) is 9.59 Å². The summed E-state index contributed by atoms with van der Waals surface area (Å²) in [7, 11) is 1.58. The second-order valence-electron chi connectivity index (χ2n) is 3.63. The van der Waals surface area contributed by atoms with Crippen molar-refractivity contribution in [3.05, 3.63) is 29.8 Å². The summed E-state index contributed by atoms with van der Waals surface area (Å²) in [5.41, 5.74) is 0.893. The summed E-state index contributed by atoms with van der Waals surface area (Å²) in [6.07, 6.45) is -0.513. The van der Waals surface area contributed by atoms with Crippen molar-refractivity contribution in [3.63, 3.8) is 0 Å². The van der Waals surface area contributed by atoms with Crippen molar-refractivity contribution in [1.82, 2.24) is 5.32 Å². The molecule has 0 saturated carbocycles. The van der Waals surface area contributed by atoms with E-state index < -0.39 is 18.3 Å². The van der Waals surface area contributed by atoms with Crippen LogP contribution in [0.15, 0.2) is 24.3 Å². The van der Waals surface area contributed by atoms with Crippen LogP contribution in [0.2, 0.25) is 0 Å². The number of carbonyl (C=O) groups excluding carboxylic acids is 1. The van der Waals surface area contributed by atoms with E-state index in [1.54, 1.807) is 26.2 Å². The Morgan fingerprint density at radius 2 is 1.94 bits per heavy atom. The molecular formula is C12H15NO4. The van der Waals surface area contributed by atoms with E-state index in [2.05, 4.69) is 5.32 Å². The molecule has 0 heterocycles. The Balaban J connectivity index is 2.59. The van der Waals surface area contributed by atoms with E-state index in [0.717, 1.165) is 11.3 Å². The van der Waals surface area contributed by atoms with Crippen LogP contribution in [-0.4, -0.2) is 24.1 Å². The van der Waals surface area contributed by atoms with Crippen LogP contribution in [0.25, 0.3) is 0 Å². The van der Waals surface area contributed by atoms with E-state index in [-0.39, 0.29) is 6.04 Å². The molecule has 17 heavy (non-hydrogen) atoms. The van der Waals surface area contributed by atoms with Crippen LogP contribution in [0.1, 0.15) is 24.9 Å². The van der Waals surface area contributed by atoms with E-state index in [1.165, 1.54) is 0 Å². The fraction of sp³-hybridized carbons (Fsp3) is 0.333. The summed E-state index contributed by atoms with van der Waals surface area (Å²) in [4.78, 5) is 21.6. The fourth-order valence-corrected chi connectivity index (χ4v) is 1.41. The highest BCUT2D eigenvalue weighted by molar-refractivity contribution is 5.93. The molecule has 0 aliphatic rings. The smallest absolute Gasteiger partial charge is 0.312 e. The first-order valence-electron chi connectivity index (χ1n) is 5.18. The molecule has 0 saturated heterocycles. The Hall–Kier alpha value is -2.04.